The van der Waals surface area contributed by atoms with Gasteiger partial charge in [0.25, 0.3) is 0 Å². The molecule has 1 atom stereocenters. The third-order valence-corrected chi connectivity index (χ3v) is 1.59. The van der Waals surface area contributed by atoms with Gasteiger partial charge in [0.15, 0.2) is 0 Å². The number of rotatable bonds is 8. The third kappa shape index (κ3) is 10.5. The summed E-state index contributed by atoms with van der Waals surface area (Å²) in [7, 11) is 0. The molecule has 0 spiro atoms. The van der Waals surface area contributed by atoms with Crippen LogP contribution < -0.4 is 0 Å². The van der Waals surface area contributed by atoms with E-state index in [9.17, 15) is 0 Å². The normalized spacial score (nSPS) is 13.3. The zero-order valence-corrected chi connectivity index (χ0v) is 8.64. The number of ether oxygens (including phenoxy) is 2. The Hall–Kier alpha value is 0.517. The molecular formula is C9H19LiO2. The summed E-state index contributed by atoms with van der Waals surface area (Å²) in [5.41, 5.74) is 0. The summed E-state index contributed by atoms with van der Waals surface area (Å²) in [5.74, 6) is 0. The van der Waals surface area contributed by atoms with Crippen LogP contribution in [0, 0.1) is 0 Å². The van der Waals surface area contributed by atoms with Gasteiger partial charge in [-0.15, -0.1) is 0 Å². The van der Waals surface area contributed by atoms with Gasteiger partial charge in [0.05, 0.1) is 0 Å². The molecule has 0 aliphatic rings. The average molecular weight is 166 g/mol. The maximum atomic E-state index is 5.26. The van der Waals surface area contributed by atoms with Crippen LogP contribution in [-0.4, -0.2) is 37.7 Å². The standard InChI is InChI=1S/C9H19O2.Li/c1-3-5-6-8-11-9-10-7-4-2;/h3H,4-9H2,1-2H3;. The first-order valence-corrected chi connectivity index (χ1v) is 4.92. The SMILES string of the molecule is [Li][CH](C)CCCOCOCCC. The summed E-state index contributed by atoms with van der Waals surface area (Å²) in [6.45, 7) is 6.43. The minimum atomic E-state index is 0.464. The van der Waals surface area contributed by atoms with Gasteiger partial charge in [-0.25, -0.2) is 0 Å². The van der Waals surface area contributed by atoms with Crippen LogP contribution in [0.15, 0.2) is 0 Å². The average Bonchev–Trinajstić information content (AvgIpc) is 2.02. The molecule has 0 fully saturated rings. The molecule has 12 heavy (non-hydrogen) atoms. The first kappa shape index (κ1) is 12.5. The Balaban J connectivity index is 2.82. The van der Waals surface area contributed by atoms with E-state index in [-0.39, 0.29) is 0 Å². The van der Waals surface area contributed by atoms with Crippen LogP contribution in [0.3, 0.4) is 0 Å². The molecule has 1 unspecified atom stereocenters. The van der Waals surface area contributed by atoms with Gasteiger partial charge >= 0.3 is 84.9 Å². The van der Waals surface area contributed by atoms with Crippen LogP contribution in [-0.2, 0) is 9.47 Å². The van der Waals surface area contributed by atoms with Crippen molar-refractivity contribution in [3.8, 4) is 0 Å². The Labute approximate surface area is 85.2 Å². The molecule has 0 heterocycles. The van der Waals surface area contributed by atoms with Gasteiger partial charge < -0.3 is 0 Å². The molecule has 0 aliphatic carbocycles. The molecule has 0 saturated heterocycles. The summed E-state index contributed by atoms with van der Waals surface area (Å²) in [5, 5.41) is 0. The molecule has 0 aromatic carbocycles. The van der Waals surface area contributed by atoms with E-state index in [0.29, 0.717) is 6.79 Å². The predicted molar refractivity (Wildman–Crippen MR) is 51.5 cm³/mol. The molecule has 3 heteroatoms. The molecule has 68 valence electrons. The van der Waals surface area contributed by atoms with E-state index < -0.39 is 0 Å². The summed E-state index contributed by atoms with van der Waals surface area (Å²) in [6, 6.07) is 0. The van der Waals surface area contributed by atoms with E-state index in [1.165, 1.54) is 6.42 Å². The van der Waals surface area contributed by atoms with Crippen LogP contribution in [0.4, 0.5) is 0 Å². The van der Waals surface area contributed by atoms with Crippen molar-refractivity contribution in [1.82, 2.24) is 0 Å². The van der Waals surface area contributed by atoms with Crippen molar-refractivity contribution in [3.05, 3.63) is 0 Å². The molecule has 0 rings (SSSR count). The van der Waals surface area contributed by atoms with Gasteiger partial charge in [0.1, 0.15) is 0 Å². The monoisotopic (exact) mass is 166 g/mol. The second-order valence-corrected chi connectivity index (χ2v) is 3.47. The summed E-state index contributed by atoms with van der Waals surface area (Å²) in [6.07, 6.45) is 3.45. The second kappa shape index (κ2) is 9.60. The first-order valence-electron chi connectivity index (χ1n) is 4.92. The molecule has 0 aromatic rings. The van der Waals surface area contributed by atoms with E-state index in [4.69, 9.17) is 9.47 Å². The van der Waals surface area contributed by atoms with E-state index in [1.54, 1.807) is 0 Å². The Morgan fingerprint density at radius 1 is 1.25 bits per heavy atom. The molecule has 0 amide bonds. The number of hydrogen-bond donors (Lipinski definition) is 0. The molecule has 2 nitrogen and oxygen atoms in total. The van der Waals surface area contributed by atoms with Crippen molar-refractivity contribution in [3.63, 3.8) is 0 Å². The Morgan fingerprint density at radius 2 is 1.92 bits per heavy atom. The molecule has 0 radical (unpaired) electrons. The van der Waals surface area contributed by atoms with E-state index in [2.05, 4.69) is 31.6 Å². The summed E-state index contributed by atoms with van der Waals surface area (Å²) < 4.78 is 11.2. The van der Waals surface area contributed by atoms with Gasteiger partial charge in [-0.3, -0.25) is 0 Å². The second-order valence-electron chi connectivity index (χ2n) is 3.47. The van der Waals surface area contributed by atoms with Crippen molar-refractivity contribution in [2.24, 2.45) is 0 Å². The van der Waals surface area contributed by atoms with Gasteiger partial charge in [0, 0.05) is 0 Å². The minimum absolute atomic E-state index is 0.464. The molecule has 0 aliphatic heterocycles. The predicted octanol–water partition coefficient (Wildman–Crippen LogP) is 2.14. The van der Waals surface area contributed by atoms with Gasteiger partial charge in [0.2, 0.25) is 0 Å². The molecule has 0 aromatic heterocycles. The molecular weight excluding hydrogens is 147 g/mol. The first-order chi connectivity index (χ1) is 5.77. The van der Waals surface area contributed by atoms with Crippen LogP contribution in [0.1, 0.15) is 33.1 Å². The van der Waals surface area contributed by atoms with E-state index in [1.807, 2.05) is 0 Å². The van der Waals surface area contributed by atoms with Gasteiger partial charge in [-0.1, -0.05) is 0 Å². The quantitative estimate of drug-likeness (QED) is 0.312. The topological polar surface area (TPSA) is 18.5 Å². The summed E-state index contributed by atoms with van der Waals surface area (Å²) in [4.78, 5) is 0. The van der Waals surface area contributed by atoms with Crippen LogP contribution in [0.2, 0.25) is 4.59 Å². The van der Waals surface area contributed by atoms with Gasteiger partial charge in [-0.05, 0) is 0 Å². The van der Waals surface area contributed by atoms with Crippen molar-refractivity contribution >= 4 is 17.7 Å². The van der Waals surface area contributed by atoms with Crippen LogP contribution in [0.5, 0.6) is 0 Å². The number of hydrogen-bond acceptors (Lipinski definition) is 2. The van der Waals surface area contributed by atoms with Crippen molar-refractivity contribution < 1.29 is 9.47 Å². The maximum absolute atomic E-state index is 5.26. The molecule has 0 bridgehead atoms. The fraction of sp³-hybridized carbons (Fsp3) is 1.00. The van der Waals surface area contributed by atoms with Gasteiger partial charge in [-0.2, -0.15) is 0 Å². The fourth-order valence-electron chi connectivity index (χ4n) is 0.915. The third-order valence-electron chi connectivity index (χ3n) is 1.59. The molecule has 0 N–H and O–H groups in total. The van der Waals surface area contributed by atoms with Crippen LogP contribution >= 0.6 is 0 Å². The Morgan fingerprint density at radius 3 is 2.50 bits per heavy atom. The van der Waals surface area contributed by atoms with E-state index in [0.717, 1.165) is 30.6 Å². The molecule has 0 saturated carbocycles. The van der Waals surface area contributed by atoms with Crippen molar-refractivity contribution in [1.29, 1.82) is 0 Å². The zero-order valence-electron chi connectivity index (χ0n) is 8.64. The van der Waals surface area contributed by atoms with Crippen molar-refractivity contribution in [2.75, 3.05) is 20.0 Å². The Kier molecular flexibility index (Phi) is 10.0. The van der Waals surface area contributed by atoms with Crippen molar-refractivity contribution in [2.45, 2.75) is 37.7 Å². The zero-order chi connectivity index (χ0) is 9.23. The fourth-order valence-corrected chi connectivity index (χ4v) is 0.915. The van der Waals surface area contributed by atoms with E-state index >= 15 is 0 Å². The summed E-state index contributed by atoms with van der Waals surface area (Å²) >= 11 is 2.23. The Bertz CT molecular complexity index is 86.6. The van der Waals surface area contributed by atoms with Crippen LogP contribution in [0.25, 0.3) is 0 Å².